The summed E-state index contributed by atoms with van der Waals surface area (Å²) in [6, 6.07) is 10.1. The summed E-state index contributed by atoms with van der Waals surface area (Å²) >= 11 is 0. The molecule has 122 valence electrons. The van der Waals surface area contributed by atoms with E-state index in [1.54, 1.807) is 32.0 Å². The molecule has 1 N–H and O–H groups in total. The summed E-state index contributed by atoms with van der Waals surface area (Å²) in [6.45, 7) is 6.82. The molecule has 0 bridgehead atoms. The molecule has 2 aromatic rings. The van der Waals surface area contributed by atoms with Gasteiger partial charge in [0.25, 0.3) is 10.0 Å². The Balaban J connectivity index is 2.42. The Morgan fingerprint density at radius 1 is 1.09 bits per heavy atom. The normalized spacial score (nSPS) is 12.3. The SMILES string of the molecule is CC([O-])=Nc1cccc(NS(=O)(=O)c2c(C)cc(C)cc2C)c1. The number of hydrogen-bond acceptors (Lipinski definition) is 4. The lowest BCUT2D eigenvalue weighted by Crippen LogP contribution is -2.16. The Hall–Kier alpha value is -2.34. The second-order valence-corrected chi connectivity index (χ2v) is 7.13. The van der Waals surface area contributed by atoms with Gasteiger partial charge in [0.1, 0.15) is 0 Å². The Labute approximate surface area is 136 Å². The second-order valence-electron chi connectivity index (χ2n) is 5.51. The Bertz CT molecular complexity index is 844. The van der Waals surface area contributed by atoms with E-state index in [0.717, 1.165) is 5.56 Å². The lowest BCUT2D eigenvalue weighted by molar-refractivity contribution is -0.215. The van der Waals surface area contributed by atoms with Crippen molar-refractivity contribution >= 4 is 27.3 Å². The van der Waals surface area contributed by atoms with Gasteiger partial charge in [-0.1, -0.05) is 23.8 Å². The minimum Gasteiger partial charge on any atom is -0.862 e. The highest BCUT2D eigenvalue weighted by atomic mass is 32.2. The minimum atomic E-state index is -3.71. The van der Waals surface area contributed by atoms with E-state index >= 15 is 0 Å². The molecule has 0 aliphatic heterocycles. The summed E-state index contributed by atoms with van der Waals surface area (Å²) in [5, 5.41) is 11.0. The molecule has 0 aliphatic rings. The van der Waals surface area contributed by atoms with Crippen LogP contribution in [0.1, 0.15) is 23.6 Å². The van der Waals surface area contributed by atoms with Crippen LogP contribution in [0, 0.1) is 20.8 Å². The van der Waals surface area contributed by atoms with Crippen LogP contribution in [0.5, 0.6) is 0 Å². The van der Waals surface area contributed by atoms with Gasteiger partial charge >= 0.3 is 0 Å². The molecule has 0 aliphatic carbocycles. The van der Waals surface area contributed by atoms with Crippen molar-refractivity contribution in [1.82, 2.24) is 0 Å². The molecule has 0 spiro atoms. The summed E-state index contributed by atoms with van der Waals surface area (Å²) in [5.74, 6) is -0.338. The van der Waals surface area contributed by atoms with Crippen molar-refractivity contribution in [3.8, 4) is 0 Å². The molecular formula is C17H19N2O3S-. The van der Waals surface area contributed by atoms with E-state index < -0.39 is 10.0 Å². The highest BCUT2D eigenvalue weighted by Crippen LogP contribution is 2.26. The molecule has 0 aromatic heterocycles. The molecule has 6 heteroatoms. The van der Waals surface area contributed by atoms with Crippen molar-refractivity contribution in [1.29, 1.82) is 0 Å². The van der Waals surface area contributed by atoms with Crippen LogP contribution in [-0.2, 0) is 10.0 Å². The van der Waals surface area contributed by atoms with Crippen LogP contribution < -0.4 is 9.83 Å². The van der Waals surface area contributed by atoms with E-state index in [4.69, 9.17) is 0 Å². The van der Waals surface area contributed by atoms with Crippen molar-refractivity contribution in [3.05, 3.63) is 53.1 Å². The number of nitrogens with one attached hydrogen (secondary N) is 1. The van der Waals surface area contributed by atoms with Crippen molar-refractivity contribution in [3.63, 3.8) is 0 Å². The maximum absolute atomic E-state index is 12.7. The van der Waals surface area contributed by atoms with Gasteiger partial charge in [-0.15, -0.1) is 0 Å². The number of aliphatic imine (C=N–C) groups is 1. The minimum absolute atomic E-state index is 0.275. The summed E-state index contributed by atoms with van der Waals surface area (Å²) in [5.41, 5.74) is 3.18. The zero-order chi connectivity index (χ0) is 17.2. The highest BCUT2D eigenvalue weighted by molar-refractivity contribution is 7.92. The average molecular weight is 331 g/mol. The molecule has 0 radical (unpaired) electrons. The fraction of sp³-hybridized carbons (Fsp3) is 0.235. The molecule has 0 unspecified atom stereocenters. The topological polar surface area (TPSA) is 81.6 Å². The third-order valence-electron chi connectivity index (χ3n) is 3.26. The summed E-state index contributed by atoms with van der Waals surface area (Å²) in [6.07, 6.45) is 0. The Kier molecular flexibility index (Phi) is 4.75. The number of anilines is 1. The van der Waals surface area contributed by atoms with E-state index in [1.807, 2.05) is 19.1 Å². The fourth-order valence-electron chi connectivity index (χ4n) is 2.62. The van der Waals surface area contributed by atoms with E-state index in [0.29, 0.717) is 22.5 Å². The molecule has 0 saturated carbocycles. The van der Waals surface area contributed by atoms with Gasteiger partial charge in [-0.2, -0.15) is 0 Å². The third kappa shape index (κ3) is 4.10. The molecule has 0 heterocycles. The Morgan fingerprint density at radius 3 is 2.26 bits per heavy atom. The van der Waals surface area contributed by atoms with Crippen LogP contribution in [0.4, 0.5) is 11.4 Å². The first-order chi connectivity index (χ1) is 10.7. The van der Waals surface area contributed by atoms with Gasteiger partial charge in [0.2, 0.25) is 0 Å². The molecule has 23 heavy (non-hydrogen) atoms. The molecule has 2 aromatic carbocycles. The van der Waals surface area contributed by atoms with E-state index in [9.17, 15) is 13.5 Å². The largest absolute Gasteiger partial charge is 0.862 e. The van der Waals surface area contributed by atoms with Crippen LogP contribution >= 0.6 is 0 Å². The maximum Gasteiger partial charge on any atom is 0.262 e. The Morgan fingerprint density at radius 2 is 1.70 bits per heavy atom. The van der Waals surface area contributed by atoms with Crippen LogP contribution in [0.2, 0.25) is 0 Å². The van der Waals surface area contributed by atoms with Crippen molar-refractivity contribution in [2.75, 3.05) is 4.72 Å². The van der Waals surface area contributed by atoms with Crippen LogP contribution in [0.25, 0.3) is 0 Å². The number of rotatable bonds is 4. The molecule has 5 nitrogen and oxygen atoms in total. The van der Waals surface area contributed by atoms with Crippen LogP contribution in [-0.4, -0.2) is 14.3 Å². The summed E-state index contributed by atoms with van der Waals surface area (Å²) in [4.78, 5) is 4.07. The van der Waals surface area contributed by atoms with Gasteiger partial charge in [-0.25, -0.2) is 8.42 Å². The van der Waals surface area contributed by atoms with Gasteiger partial charge < -0.3 is 5.11 Å². The first-order valence-electron chi connectivity index (χ1n) is 7.12. The molecule has 0 fully saturated rings. The maximum atomic E-state index is 12.7. The zero-order valence-corrected chi connectivity index (χ0v) is 14.4. The standard InChI is InChI=1S/C17H20N2O3S/c1-11-8-12(2)17(13(3)9-11)23(21,22)19-16-7-5-6-15(10-16)18-14(4)20/h5-10,19H,1-4H3,(H,18,20)/p-1. The lowest BCUT2D eigenvalue weighted by atomic mass is 10.1. The lowest BCUT2D eigenvalue weighted by Gasteiger charge is -2.14. The molecular weight excluding hydrogens is 312 g/mol. The predicted molar refractivity (Wildman–Crippen MR) is 90.7 cm³/mol. The van der Waals surface area contributed by atoms with Crippen molar-refractivity contribution < 1.29 is 13.5 Å². The number of sulfonamides is 1. The number of hydrogen-bond donors (Lipinski definition) is 1. The monoisotopic (exact) mass is 331 g/mol. The van der Waals surface area contributed by atoms with Crippen molar-refractivity contribution in [2.24, 2.45) is 4.99 Å². The van der Waals surface area contributed by atoms with E-state index in [-0.39, 0.29) is 10.8 Å². The smallest absolute Gasteiger partial charge is 0.262 e. The van der Waals surface area contributed by atoms with Crippen LogP contribution in [0.3, 0.4) is 0 Å². The summed E-state index contributed by atoms with van der Waals surface area (Å²) in [7, 11) is -3.71. The molecule has 0 amide bonds. The third-order valence-corrected chi connectivity index (χ3v) is 4.94. The number of benzene rings is 2. The molecule has 0 atom stereocenters. The quantitative estimate of drug-likeness (QED) is 0.691. The van der Waals surface area contributed by atoms with E-state index in [2.05, 4.69) is 9.71 Å². The number of aryl methyl sites for hydroxylation is 3. The van der Waals surface area contributed by atoms with Gasteiger partial charge in [0, 0.05) is 0 Å². The van der Waals surface area contributed by atoms with Gasteiger partial charge in [-0.3, -0.25) is 9.71 Å². The average Bonchev–Trinajstić information content (AvgIpc) is 2.35. The fourth-order valence-corrected chi connectivity index (χ4v) is 4.12. The first kappa shape index (κ1) is 17.0. The van der Waals surface area contributed by atoms with Gasteiger partial charge in [0.05, 0.1) is 16.3 Å². The van der Waals surface area contributed by atoms with E-state index in [1.165, 1.54) is 13.0 Å². The predicted octanol–water partition coefficient (Wildman–Crippen LogP) is 2.82. The first-order valence-corrected chi connectivity index (χ1v) is 8.60. The van der Waals surface area contributed by atoms with Gasteiger partial charge in [-0.05, 0) is 62.9 Å². The zero-order valence-electron chi connectivity index (χ0n) is 13.5. The second kappa shape index (κ2) is 6.42. The summed E-state index contributed by atoms with van der Waals surface area (Å²) < 4.78 is 27.9. The molecule has 2 rings (SSSR count). The van der Waals surface area contributed by atoms with Crippen LogP contribution in [0.15, 0.2) is 46.3 Å². The van der Waals surface area contributed by atoms with Crippen molar-refractivity contribution in [2.45, 2.75) is 32.6 Å². The highest BCUT2D eigenvalue weighted by Gasteiger charge is 2.20. The van der Waals surface area contributed by atoms with Gasteiger partial charge in [0.15, 0.2) is 0 Å². The molecule has 0 saturated heterocycles. The number of nitrogens with zero attached hydrogens (tertiary/aromatic N) is 1.